The van der Waals surface area contributed by atoms with Crippen LogP contribution < -0.4 is 0 Å². The number of hydrogen-bond acceptors (Lipinski definition) is 5. The number of carbonyl (C=O) groups is 1. The highest BCUT2D eigenvalue weighted by atomic mass is 79.9. The molecule has 0 saturated heterocycles. The molecule has 0 spiro atoms. The van der Waals surface area contributed by atoms with Gasteiger partial charge in [0.05, 0.1) is 14.3 Å². The Balaban J connectivity index is 0. The van der Waals surface area contributed by atoms with Crippen molar-refractivity contribution >= 4 is 70.2 Å². The molecule has 0 fully saturated rings. The first kappa shape index (κ1) is 30.8. The van der Waals surface area contributed by atoms with Gasteiger partial charge in [0.2, 0.25) is 11.6 Å². The molecule has 0 atom stereocenters. The zero-order chi connectivity index (χ0) is 23.3. The molecule has 2 rings (SSSR count). The predicted molar refractivity (Wildman–Crippen MR) is 124 cm³/mol. The van der Waals surface area contributed by atoms with Crippen molar-refractivity contribution in [3.05, 3.63) is 78.3 Å². The molecule has 15 heteroatoms. The van der Waals surface area contributed by atoms with Crippen LogP contribution in [0, 0.1) is 31.9 Å². The van der Waals surface area contributed by atoms with Crippen molar-refractivity contribution in [1.82, 2.24) is 0 Å². The van der Waals surface area contributed by atoms with Crippen molar-refractivity contribution in [3.8, 4) is 0 Å². The lowest BCUT2D eigenvalue weighted by molar-refractivity contribution is -0.387. The van der Waals surface area contributed by atoms with Crippen LogP contribution in [-0.2, 0) is 11.2 Å². The van der Waals surface area contributed by atoms with E-state index in [0.717, 1.165) is 12.1 Å². The predicted octanol–water partition coefficient (Wildman–Crippen LogP) is 3.09. The number of nitro groups is 2. The number of halogens is 3. The standard InChI is InChI=1S/C9H8FNO3.C6H3BrFNO2.CH4.B5/c10-9-7(4-2-6-12)3-1-5-8(9)11(13)14;7-4-2-1-3-5(6(4)8)9(10)11;;1-4-5(2)3/h1,3,5-6H,2,4H2;1-3H;1H4;. The van der Waals surface area contributed by atoms with Crippen molar-refractivity contribution in [1.29, 1.82) is 0 Å². The van der Waals surface area contributed by atoms with Crippen LogP contribution in [0.3, 0.4) is 0 Å². The number of nitro benzene ring substituents is 2. The largest absolute Gasteiger partial charge is 0.305 e. The molecule has 0 heterocycles. The quantitative estimate of drug-likeness (QED) is 0.270. The summed E-state index contributed by atoms with van der Waals surface area (Å²) in [6, 6.07) is 7.86. The molecule has 0 aliphatic heterocycles. The molecule has 155 valence electrons. The number of hydrogen-bond donors (Lipinski definition) is 0. The van der Waals surface area contributed by atoms with Crippen molar-refractivity contribution in [2.75, 3.05) is 0 Å². The number of rotatable bonds is 6. The van der Waals surface area contributed by atoms with Gasteiger partial charge in [-0.1, -0.05) is 25.6 Å². The number of aldehydes is 1. The lowest BCUT2D eigenvalue weighted by Crippen LogP contribution is -2.23. The van der Waals surface area contributed by atoms with E-state index in [2.05, 4.69) is 15.9 Å². The summed E-state index contributed by atoms with van der Waals surface area (Å²) in [7, 11) is 15.8. The van der Waals surface area contributed by atoms with Crippen molar-refractivity contribution < 1.29 is 23.4 Å². The summed E-state index contributed by atoms with van der Waals surface area (Å²) in [4.78, 5) is 29.0. The maximum atomic E-state index is 13.3. The lowest BCUT2D eigenvalue weighted by atomic mass is 8.97. The number of nitrogens with zero attached hydrogens (tertiary/aromatic N) is 2. The van der Waals surface area contributed by atoms with Crippen LogP contribution in [0.1, 0.15) is 19.4 Å². The molecule has 0 bridgehead atoms. The van der Waals surface area contributed by atoms with Crippen LogP contribution in [0.25, 0.3) is 0 Å². The van der Waals surface area contributed by atoms with Gasteiger partial charge in [-0.25, -0.2) is 0 Å². The monoisotopic (exact) mass is 487 g/mol. The molecule has 0 amide bonds. The van der Waals surface area contributed by atoms with Gasteiger partial charge >= 0.3 is 11.4 Å². The summed E-state index contributed by atoms with van der Waals surface area (Å²) >= 11 is 2.83. The fraction of sp³-hybridized carbons (Fsp3) is 0.188. The third-order valence-corrected chi connectivity index (χ3v) is 3.75. The Morgan fingerprint density at radius 2 is 1.48 bits per heavy atom. The maximum absolute atomic E-state index is 13.3. The molecule has 31 heavy (non-hydrogen) atoms. The van der Waals surface area contributed by atoms with Crippen LogP contribution in [0.4, 0.5) is 20.2 Å². The van der Waals surface area contributed by atoms with Gasteiger partial charge in [-0.3, -0.25) is 20.2 Å². The Kier molecular flexibility index (Phi) is 16.2. The minimum absolute atomic E-state index is 0. The van der Waals surface area contributed by atoms with Crippen LogP contribution in [-0.4, -0.2) is 52.8 Å². The highest BCUT2D eigenvalue weighted by Crippen LogP contribution is 2.23. The average molecular weight is 487 g/mol. The Morgan fingerprint density at radius 3 is 1.87 bits per heavy atom. The zero-order valence-corrected chi connectivity index (χ0v) is 17.0. The number of aryl methyl sites for hydroxylation is 1. The fourth-order valence-corrected chi connectivity index (χ4v) is 2.10. The fourth-order valence-electron chi connectivity index (χ4n) is 1.75. The number of carbonyl (C=O) groups excluding carboxylic acids is 1. The molecular weight excluding hydrogens is 472 g/mol. The minimum atomic E-state index is -0.848. The SMILES string of the molecule is C.O=CCCc1cccc([N+](=O)[O-])c1F.O=[N+]([O-])c1cccc(Br)c1F.[B][B]B([B])[B]. The van der Waals surface area contributed by atoms with Crippen LogP contribution in [0.5, 0.6) is 0 Å². The van der Waals surface area contributed by atoms with E-state index in [1.54, 1.807) is 0 Å². The van der Waals surface area contributed by atoms with Crippen LogP contribution in [0.15, 0.2) is 40.9 Å². The first-order valence-corrected chi connectivity index (χ1v) is 8.86. The van der Waals surface area contributed by atoms with Crippen molar-refractivity contribution in [3.63, 3.8) is 0 Å². The molecule has 2 aromatic rings. The van der Waals surface area contributed by atoms with Gasteiger partial charge in [0.25, 0.3) is 0 Å². The first-order chi connectivity index (χ1) is 14.1. The minimum Gasteiger partial charge on any atom is -0.303 e. The topological polar surface area (TPSA) is 103 Å². The van der Waals surface area contributed by atoms with E-state index in [1.807, 2.05) is 0 Å². The molecule has 0 aliphatic carbocycles. The normalized spacial score (nSPS) is 8.87. The molecule has 0 unspecified atom stereocenters. The molecule has 7 radical (unpaired) electrons. The molecule has 7 nitrogen and oxygen atoms in total. The summed E-state index contributed by atoms with van der Waals surface area (Å²) in [6.07, 6.45) is 0.544. The van der Waals surface area contributed by atoms with Gasteiger partial charge in [-0.2, -0.15) is 8.78 Å². The van der Waals surface area contributed by atoms with Gasteiger partial charge in [0, 0.05) is 55.2 Å². The third-order valence-electron chi connectivity index (χ3n) is 3.14. The van der Waals surface area contributed by atoms with Gasteiger partial charge < -0.3 is 4.79 Å². The van der Waals surface area contributed by atoms with E-state index in [0.29, 0.717) is 6.29 Å². The van der Waals surface area contributed by atoms with E-state index in [9.17, 15) is 33.8 Å². The third kappa shape index (κ3) is 11.5. The summed E-state index contributed by atoms with van der Waals surface area (Å²) in [5.74, 6) is -1.68. The Morgan fingerprint density at radius 1 is 1.03 bits per heavy atom. The molecule has 0 saturated carbocycles. The van der Waals surface area contributed by atoms with E-state index < -0.39 is 39.2 Å². The van der Waals surface area contributed by atoms with Gasteiger partial charge in [0.1, 0.15) is 6.29 Å². The van der Waals surface area contributed by atoms with E-state index in [4.69, 9.17) is 23.2 Å². The van der Waals surface area contributed by atoms with Crippen LogP contribution >= 0.6 is 15.9 Å². The summed E-state index contributed by atoms with van der Waals surface area (Å²) in [5, 5.41) is 20.5. The Hall–Kier alpha value is -2.43. The number of benzene rings is 2. The van der Waals surface area contributed by atoms with Gasteiger partial charge in [0.15, 0.2) is 0 Å². The molecule has 0 aromatic heterocycles. The Labute approximate surface area is 192 Å². The summed E-state index contributed by atoms with van der Waals surface area (Å²) in [5.41, 5.74) is -0.862. The van der Waals surface area contributed by atoms with Crippen molar-refractivity contribution in [2.45, 2.75) is 20.3 Å². The lowest BCUT2D eigenvalue weighted by Gasteiger charge is -2.00. The second kappa shape index (κ2) is 16.3. The molecule has 0 aliphatic rings. The summed E-state index contributed by atoms with van der Waals surface area (Å²) < 4.78 is 26.2. The molecular formula is C16H15B5BrF2N2O5. The second-order valence-electron chi connectivity index (χ2n) is 5.31. The Bertz CT molecular complexity index is 880. The maximum Gasteiger partial charge on any atom is 0.305 e. The van der Waals surface area contributed by atoms with E-state index in [-0.39, 0.29) is 30.3 Å². The smallest absolute Gasteiger partial charge is 0.303 e. The molecule has 2 aromatic carbocycles. The average Bonchev–Trinajstić information content (AvgIpc) is 2.69. The highest BCUT2D eigenvalue weighted by molar-refractivity contribution is 9.10. The van der Waals surface area contributed by atoms with E-state index >= 15 is 0 Å². The second-order valence-corrected chi connectivity index (χ2v) is 6.17. The highest BCUT2D eigenvalue weighted by Gasteiger charge is 2.16. The summed E-state index contributed by atoms with van der Waals surface area (Å²) in [6.45, 7) is 0. The van der Waals surface area contributed by atoms with Gasteiger partial charge in [-0.15, -0.1) is 0 Å². The first-order valence-electron chi connectivity index (χ1n) is 8.06. The van der Waals surface area contributed by atoms with E-state index in [1.165, 1.54) is 31.3 Å². The van der Waals surface area contributed by atoms with Gasteiger partial charge in [-0.05, 0) is 34.0 Å². The molecule has 0 N–H and O–H groups in total. The van der Waals surface area contributed by atoms with Crippen LogP contribution in [0.2, 0.25) is 0 Å². The zero-order valence-electron chi connectivity index (χ0n) is 15.4. The van der Waals surface area contributed by atoms with Crippen molar-refractivity contribution in [2.24, 2.45) is 0 Å².